The van der Waals surface area contributed by atoms with Crippen LogP contribution < -0.4 is 5.63 Å². The zero-order chi connectivity index (χ0) is 12.9. The zero-order valence-corrected chi connectivity index (χ0v) is 11.3. The van der Waals surface area contributed by atoms with Crippen LogP contribution in [0.5, 0.6) is 0 Å². The summed E-state index contributed by atoms with van der Waals surface area (Å²) in [5, 5.41) is 1.81. The summed E-state index contributed by atoms with van der Waals surface area (Å²) in [6.45, 7) is 12.1. The van der Waals surface area contributed by atoms with E-state index in [0.29, 0.717) is 5.76 Å². The van der Waals surface area contributed by atoms with Gasteiger partial charge in [-0.05, 0) is 74.7 Å². The summed E-state index contributed by atoms with van der Waals surface area (Å²) < 4.78 is 5.30. The van der Waals surface area contributed by atoms with Crippen molar-refractivity contribution in [3.8, 4) is 0 Å². The number of benzene rings is 1. The maximum atomic E-state index is 12.0. The molecule has 0 atom stereocenters. The molecular formula is C15H18O2. The van der Waals surface area contributed by atoms with Crippen LogP contribution in [0.2, 0.25) is 0 Å². The van der Waals surface area contributed by atoms with Gasteiger partial charge in [-0.15, -0.1) is 0 Å². The molecule has 0 saturated carbocycles. The summed E-state index contributed by atoms with van der Waals surface area (Å²) >= 11 is 0. The number of hydrogen-bond donors (Lipinski definition) is 0. The molecule has 2 nitrogen and oxygen atoms in total. The lowest BCUT2D eigenvalue weighted by atomic mass is 9.90. The van der Waals surface area contributed by atoms with Gasteiger partial charge in [0.05, 0.1) is 5.39 Å². The van der Waals surface area contributed by atoms with Crippen molar-refractivity contribution in [2.45, 2.75) is 41.5 Å². The van der Waals surface area contributed by atoms with Gasteiger partial charge in [-0.2, -0.15) is 0 Å². The third-order valence-corrected chi connectivity index (χ3v) is 4.04. The van der Waals surface area contributed by atoms with E-state index in [1.807, 2.05) is 20.8 Å². The van der Waals surface area contributed by atoms with Gasteiger partial charge in [0.25, 0.3) is 0 Å². The highest BCUT2D eigenvalue weighted by Gasteiger charge is 2.16. The Morgan fingerprint density at radius 3 is 1.65 bits per heavy atom. The standard InChI is InChI=1S/C15H18O2/c1-7-8(2)10(4)14-13(9(7)3)11(5)12(6)17-15(14)16/h1-6H3. The molecule has 0 radical (unpaired) electrons. The fraction of sp³-hybridized carbons (Fsp3) is 0.400. The Bertz CT molecular complexity index is 676. The Hall–Kier alpha value is -1.57. The van der Waals surface area contributed by atoms with Crippen LogP contribution in [0, 0.1) is 41.5 Å². The molecule has 1 aromatic carbocycles. The minimum atomic E-state index is -0.216. The van der Waals surface area contributed by atoms with E-state index < -0.39 is 0 Å². The third-order valence-electron chi connectivity index (χ3n) is 4.04. The van der Waals surface area contributed by atoms with Gasteiger partial charge in [-0.1, -0.05) is 0 Å². The van der Waals surface area contributed by atoms with Gasteiger partial charge in [0.1, 0.15) is 5.76 Å². The molecule has 2 rings (SSSR count). The molecule has 0 aliphatic heterocycles. The zero-order valence-electron chi connectivity index (χ0n) is 11.3. The van der Waals surface area contributed by atoms with E-state index in [2.05, 4.69) is 20.8 Å². The molecular weight excluding hydrogens is 212 g/mol. The van der Waals surface area contributed by atoms with Crippen LogP contribution in [-0.2, 0) is 0 Å². The van der Waals surface area contributed by atoms with Crippen molar-refractivity contribution in [3.63, 3.8) is 0 Å². The Kier molecular flexibility index (Phi) is 2.61. The molecule has 90 valence electrons. The smallest absolute Gasteiger partial charge is 0.344 e. The minimum absolute atomic E-state index is 0.216. The molecule has 17 heavy (non-hydrogen) atoms. The van der Waals surface area contributed by atoms with Crippen LogP contribution in [0.1, 0.15) is 33.6 Å². The summed E-state index contributed by atoms with van der Waals surface area (Å²) in [6, 6.07) is 0. The van der Waals surface area contributed by atoms with Crippen LogP contribution in [0.4, 0.5) is 0 Å². The highest BCUT2D eigenvalue weighted by molar-refractivity contribution is 5.92. The van der Waals surface area contributed by atoms with E-state index in [0.717, 1.165) is 21.9 Å². The first-order valence-electron chi connectivity index (χ1n) is 5.86. The van der Waals surface area contributed by atoms with Gasteiger partial charge in [-0.3, -0.25) is 0 Å². The predicted molar refractivity (Wildman–Crippen MR) is 70.9 cm³/mol. The molecule has 0 fully saturated rings. The fourth-order valence-electron chi connectivity index (χ4n) is 2.48. The molecule has 0 spiro atoms. The van der Waals surface area contributed by atoms with E-state index in [-0.39, 0.29) is 5.63 Å². The second-order valence-corrected chi connectivity index (χ2v) is 4.82. The van der Waals surface area contributed by atoms with Crippen molar-refractivity contribution in [3.05, 3.63) is 44.0 Å². The van der Waals surface area contributed by atoms with Crippen LogP contribution in [0.3, 0.4) is 0 Å². The fourth-order valence-corrected chi connectivity index (χ4v) is 2.48. The monoisotopic (exact) mass is 230 g/mol. The summed E-state index contributed by atoms with van der Waals surface area (Å²) in [5.41, 5.74) is 5.54. The molecule has 0 amide bonds. The number of rotatable bonds is 0. The largest absolute Gasteiger partial charge is 0.427 e. The molecule has 0 bridgehead atoms. The van der Waals surface area contributed by atoms with Crippen molar-refractivity contribution in [2.75, 3.05) is 0 Å². The van der Waals surface area contributed by atoms with Gasteiger partial charge in [0, 0.05) is 0 Å². The Balaban J connectivity index is 3.23. The first-order chi connectivity index (χ1) is 7.86. The van der Waals surface area contributed by atoms with Crippen LogP contribution in [0.15, 0.2) is 9.21 Å². The highest BCUT2D eigenvalue weighted by Crippen LogP contribution is 2.30. The van der Waals surface area contributed by atoms with E-state index in [9.17, 15) is 4.79 Å². The number of fused-ring (bicyclic) bond motifs is 1. The normalized spacial score (nSPS) is 11.2. The molecule has 0 unspecified atom stereocenters. The average Bonchev–Trinajstić information content (AvgIpc) is 2.28. The lowest BCUT2D eigenvalue weighted by molar-refractivity contribution is 0.484. The van der Waals surface area contributed by atoms with Gasteiger partial charge >= 0.3 is 5.63 Å². The van der Waals surface area contributed by atoms with Gasteiger partial charge in [-0.25, -0.2) is 4.79 Å². The summed E-state index contributed by atoms with van der Waals surface area (Å²) in [4.78, 5) is 12.0. The molecule has 2 aromatic rings. The van der Waals surface area contributed by atoms with E-state index in [1.54, 1.807) is 0 Å². The maximum absolute atomic E-state index is 12.0. The van der Waals surface area contributed by atoms with Crippen molar-refractivity contribution in [1.29, 1.82) is 0 Å². The first kappa shape index (κ1) is 11.9. The second kappa shape index (κ2) is 3.73. The summed E-state index contributed by atoms with van der Waals surface area (Å²) in [5.74, 6) is 0.716. The first-order valence-corrected chi connectivity index (χ1v) is 5.86. The third kappa shape index (κ3) is 1.51. The number of aryl methyl sites for hydroxylation is 4. The summed E-state index contributed by atoms with van der Waals surface area (Å²) in [7, 11) is 0. The lowest BCUT2D eigenvalue weighted by Crippen LogP contribution is -2.08. The summed E-state index contributed by atoms with van der Waals surface area (Å²) in [6.07, 6.45) is 0. The average molecular weight is 230 g/mol. The SMILES string of the molecule is Cc1oc(=O)c2c(C)c(C)c(C)c(C)c2c1C. The second-order valence-electron chi connectivity index (χ2n) is 4.82. The van der Waals surface area contributed by atoms with Gasteiger partial charge < -0.3 is 4.42 Å². The Morgan fingerprint density at radius 2 is 1.12 bits per heavy atom. The van der Waals surface area contributed by atoms with Gasteiger partial charge in [0.2, 0.25) is 0 Å². The molecule has 0 aliphatic rings. The van der Waals surface area contributed by atoms with Crippen molar-refractivity contribution in [2.24, 2.45) is 0 Å². The molecule has 0 saturated heterocycles. The molecule has 0 aliphatic carbocycles. The number of hydrogen-bond acceptors (Lipinski definition) is 2. The Labute approximate surface area is 101 Å². The van der Waals surface area contributed by atoms with Crippen molar-refractivity contribution < 1.29 is 4.42 Å². The molecule has 0 N–H and O–H groups in total. The highest BCUT2D eigenvalue weighted by atomic mass is 16.4. The minimum Gasteiger partial charge on any atom is -0.427 e. The van der Waals surface area contributed by atoms with Crippen LogP contribution in [-0.4, -0.2) is 0 Å². The van der Waals surface area contributed by atoms with Gasteiger partial charge in [0.15, 0.2) is 0 Å². The predicted octanol–water partition coefficient (Wildman–Crippen LogP) is 3.64. The quantitative estimate of drug-likeness (QED) is 0.691. The topological polar surface area (TPSA) is 30.2 Å². The van der Waals surface area contributed by atoms with Crippen molar-refractivity contribution >= 4 is 10.8 Å². The van der Waals surface area contributed by atoms with Crippen LogP contribution in [0.25, 0.3) is 10.8 Å². The van der Waals surface area contributed by atoms with E-state index >= 15 is 0 Å². The van der Waals surface area contributed by atoms with E-state index in [1.165, 1.54) is 16.7 Å². The Morgan fingerprint density at radius 1 is 0.647 bits per heavy atom. The molecule has 1 heterocycles. The molecule has 2 heteroatoms. The van der Waals surface area contributed by atoms with Crippen molar-refractivity contribution in [1.82, 2.24) is 0 Å². The van der Waals surface area contributed by atoms with E-state index in [4.69, 9.17) is 4.42 Å². The maximum Gasteiger partial charge on any atom is 0.344 e. The van der Waals surface area contributed by atoms with Crippen LogP contribution >= 0.6 is 0 Å². The molecule has 1 aromatic heterocycles. The lowest BCUT2D eigenvalue weighted by Gasteiger charge is -2.15.